The molecule has 0 saturated heterocycles. The summed E-state index contributed by atoms with van der Waals surface area (Å²) in [6.07, 6.45) is 3.43. The standard InChI is InChI=1S/C13H21NS/c1-5-12(9-14-10(2)3)8-13-7-6-11(4)15-13/h6-8,10,14H,5,9H2,1-4H3. The van der Waals surface area contributed by atoms with Gasteiger partial charge in [0.1, 0.15) is 0 Å². The van der Waals surface area contributed by atoms with Gasteiger partial charge in [0.2, 0.25) is 0 Å². The van der Waals surface area contributed by atoms with E-state index in [4.69, 9.17) is 0 Å². The van der Waals surface area contributed by atoms with Crippen molar-refractivity contribution in [2.24, 2.45) is 0 Å². The van der Waals surface area contributed by atoms with Crippen molar-refractivity contribution in [2.75, 3.05) is 6.54 Å². The molecule has 0 bridgehead atoms. The monoisotopic (exact) mass is 223 g/mol. The molecule has 0 aromatic carbocycles. The van der Waals surface area contributed by atoms with Crippen LogP contribution in [0.3, 0.4) is 0 Å². The minimum Gasteiger partial charge on any atom is -0.311 e. The lowest BCUT2D eigenvalue weighted by atomic mass is 10.1. The molecule has 0 fully saturated rings. The van der Waals surface area contributed by atoms with Gasteiger partial charge in [-0.2, -0.15) is 0 Å². The fourth-order valence-electron chi connectivity index (χ4n) is 1.35. The maximum atomic E-state index is 3.46. The molecule has 1 rings (SSSR count). The molecule has 1 heterocycles. The average Bonchev–Trinajstić information content (AvgIpc) is 2.58. The summed E-state index contributed by atoms with van der Waals surface area (Å²) in [5, 5.41) is 3.46. The van der Waals surface area contributed by atoms with Gasteiger partial charge >= 0.3 is 0 Å². The summed E-state index contributed by atoms with van der Waals surface area (Å²) in [4.78, 5) is 2.75. The Balaban J connectivity index is 2.61. The van der Waals surface area contributed by atoms with Crippen LogP contribution < -0.4 is 5.32 Å². The van der Waals surface area contributed by atoms with Crippen molar-refractivity contribution >= 4 is 17.4 Å². The van der Waals surface area contributed by atoms with E-state index in [9.17, 15) is 0 Å². The first-order valence-corrected chi connectivity index (χ1v) is 6.42. The number of rotatable bonds is 5. The molecule has 2 heteroatoms. The van der Waals surface area contributed by atoms with Gasteiger partial charge in [-0.15, -0.1) is 11.3 Å². The summed E-state index contributed by atoms with van der Waals surface area (Å²) in [7, 11) is 0. The summed E-state index contributed by atoms with van der Waals surface area (Å²) in [6, 6.07) is 4.94. The lowest BCUT2D eigenvalue weighted by Crippen LogP contribution is -2.24. The van der Waals surface area contributed by atoms with Crippen LogP contribution in [0.25, 0.3) is 6.08 Å². The van der Waals surface area contributed by atoms with E-state index in [1.54, 1.807) is 0 Å². The zero-order valence-corrected chi connectivity index (χ0v) is 10.9. The second-order valence-electron chi connectivity index (χ2n) is 4.14. The molecule has 0 unspecified atom stereocenters. The van der Waals surface area contributed by atoms with Crippen LogP contribution in [0.5, 0.6) is 0 Å². The first-order chi connectivity index (χ1) is 7.11. The molecule has 1 N–H and O–H groups in total. The van der Waals surface area contributed by atoms with Crippen molar-refractivity contribution in [1.82, 2.24) is 5.32 Å². The predicted molar refractivity (Wildman–Crippen MR) is 70.5 cm³/mol. The Labute approximate surface area is 97.2 Å². The lowest BCUT2D eigenvalue weighted by Gasteiger charge is -2.09. The third-order valence-electron chi connectivity index (χ3n) is 2.30. The van der Waals surface area contributed by atoms with Crippen LogP contribution in [0.4, 0.5) is 0 Å². The smallest absolute Gasteiger partial charge is 0.0273 e. The Hall–Kier alpha value is -0.600. The van der Waals surface area contributed by atoms with Gasteiger partial charge in [-0.1, -0.05) is 26.3 Å². The average molecular weight is 223 g/mol. The molecule has 1 aromatic rings. The van der Waals surface area contributed by atoms with E-state index < -0.39 is 0 Å². The number of hydrogen-bond acceptors (Lipinski definition) is 2. The van der Waals surface area contributed by atoms with Crippen molar-refractivity contribution in [3.8, 4) is 0 Å². The van der Waals surface area contributed by atoms with Crippen molar-refractivity contribution in [2.45, 2.75) is 40.2 Å². The maximum absolute atomic E-state index is 3.46. The molecule has 15 heavy (non-hydrogen) atoms. The number of nitrogens with one attached hydrogen (secondary N) is 1. The maximum Gasteiger partial charge on any atom is 0.0273 e. The van der Waals surface area contributed by atoms with Crippen molar-refractivity contribution in [3.63, 3.8) is 0 Å². The van der Waals surface area contributed by atoms with Crippen LogP contribution in [-0.2, 0) is 0 Å². The summed E-state index contributed by atoms with van der Waals surface area (Å²) < 4.78 is 0. The molecule has 1 nitrogen and oxygen atoms in total. The zero-order valence-electron chi connectivity index (χ0n) is 10.1. The molecule has 0 spiro atoms. The summed E-state index contributed by atoms with van der Waals surface area (Å²) in [5.74, 6) is 0. The van der Waals surface area contributed by atoms with Crippen LogP contribution in [0.2, 0.25) is 0 Å². The largest absolute Gasteiger partial charge is 0.311 e. The molecular weight excluding hydrogens is 202 g/mol. The van der Waals surface area contributed by atoms with E-state index in [-0.39, 0.29) is 0 Å². The third kappa shape index (κ3) is 4.63. The third-order valence-corrected chi connectivity index (χ3v) is 3.25. The molecule has 0 saturated carbocycles. The minimum absolute atomic E-state index is 0.560. The first kappa shape index (κ1) is 12.5. The minimum atomic E-state index is 0.560. The van der Waals surface area contributed by atoms with E-state index in [0.29, 0.717) is 6.04 Å². The normalized spacial score (nSPS) is 12.5. The molecule has 0 aliphatic carbocycles. The summed E-state index contributed by atoms with van der Waals surface area (Å²) >= 11 is 1.86. The molecule has 1 aromatic heterocycles. The summed E-state index contributed by atoms with van der Waals surface area (Å²) in [6.45, 7) is 9.74. The molecule has 84 valence electrons. The van der Waals surface area contributed by atoms with Crippen molar-refractivity contribution in [3.05, 3.63) is 27.5 Å². The highest BCUT2D eigenvalue weighted by atomic mass is 32.1. The van der Waals surface area contributed by atoms with Gasteiger partial charge in [0.15, 0.2) is 0 Å². The van der Waals surface area contributed by atoms with Gasteiger partial charge in [0.05, 0.1) is 0 Å². The molecular formula is C13H21NS. The second-order valence-corrected chi connectivity index (χ2v) is 5.46. The van der Waals surface area contributed by atoms with E-state index >= 15 is 0 Å². The first-order valence-electron chi connectivity index (χ1n) is 5.61. The van der Waals surface area contributed by atoms with Gasteiger partial charge in [-0.05, 0) is 31.6 Å². The van der Waals surface area contributed by atoms with E-state index in [0.717, 1.165) is 13.0 Å². The van der Waals surface area contributed by atoms with Crippen LogP contribution in [0, 0.1) is 6.92 Å². The highest BCUT2D eigenvalue weighted by Gasteiger charge is 1.99. The highest BCUT2D eigenvalue weighted by Crippen LogP contribution is 2.19. The Bertz CT molecular complexity index is 323. The number of thiophene rings is 1. The van der Waals surface area contributed by atoms with Crippen molar-refractivity contribution < 1.29 is 0 Å². The van der Waals surface area contributed by atoms with Gasteiger partial charge in [-0.25, -0.2) is 0 Å². The quantitative estimate of drug-likeness (QED) is 0.799. The highest BCUT2D eigenvalue weighted by molar-refractivity contribution is 7.12. The van der Waals surface area contributed by atoms with Crippen molar-refractivity contribution in [1.29, 1.82) is 0 Å². The molecule has 0 amide bonds. The lowest BCUT2D eigenvalue weighted by molar-refractivity contribution is 0.617. The van der Waals surface area contributed by atoms with E-state index in [1.165, 1.54) is 15.3 Å². The van der Waals surface area contributed by atoms with Gasteiger partial charge < -0.3 is 5.32 Å². The Kier molecular flexibility index (Phi) is 5.06. The van der Waals surface area contributed by atoms with Gasteiger partial charge in [0, 0.05) is 22.3 Å². The Morgan fingerprint density at radius 2 is 2.20 bits per heavy atom. The fourth-order valence-corrected chi connectivity index (χ4v) is 2.22. The topological polar surface area (TPSA) is 12.0 Å². The van der Waals surface area contributed by atoms with E-state index in [2.05, 4.69) is 51.2 Å². The van der Waals surface area contributed by atoms with Crippen LogP contribution in [-0.4, -0.2) is 12.6 Å². The molecule has 0 aliphatic heterocycles. The molecule has 0 radical (unpaired) electrons. The summed E-state index contributed by atoms with van der Waals surface area (Å²) in [5.41, 5.74) is 1.48. The van der Waals surface area contributed by atoms with Crippen LogP contribution in [0.1, 0.15) is 36.9 Å². The Morgan fingerprint density at radius 1 is 1.47 bits per heavy atom. The second kappa shape index (κ2) is 6.09. The fraction of sp³-hybridized carbons (Fsp3) is 0.538. The van der Waals surface area contributed by atoms with Crippen LogP contribution in [0.15, 0.2) is 17.7 Å². The number of hydrogen-bond donors (Lipinski definition) is 1. The Morgan fingerprint density at radius 3 is 2.67 bits per heavy atom. The molecule has 0 aliphatic rings. The molecule has 0 atom stereocenters. The van der Waals surface area contributed by atoms with Gasteiger partial charge in [0.25, 0.3) is 0 Å². The van der Waals surface area contributed by atoms with Gasteiger partial charge in [-0.3, -0.25) is 0 Å². The SMILES string of the molecule is CCC(=Cc1ccc(C)s1)CNC(C)C. The zero-order chi connectivity index (χ0) is 11.3. The van der Waals surface area contributed by atoms with Crippen LogP contribution >= 0.6 is 11.3 Å². The van der Waals surface area contributed by atoms with E-state index in [1.807, 2.05) is 11.3 Å². The number of aryl methyl sites for hydroxylation is 1. The predicted octanol–water partition coefficient (Wildman–Crippen LogP) is 3.85.